The Morgan fingerprint density at radius 1 is 1.43 bits per heavy atom. The number of rotatable bonds is 6. The molecule has 2 atom stereocenters. The first-order valence-electron chi connectivity index (χ1n) is 7.54. The molecule has 1 amide bonds. The van der Waals surface area contributed by atoms with E-state index < -0.39 is 11.4 Å². The Morgan fingerprint density at radius 2 is 2.14 bits per heavy atom. The Hall–Kier alpha value is -1.43. The number of carbonyl (C=O) groups excluding carboxylic acids is 1. The number of ether oxygens (including phenoxy) is 1. The van der Waals surface area contributed by atoms with E-state index in [1.165, 1.54) is 0 Å². The van der Waals surface area contributed by atoms with Gasteiger partial charge in [-0.3, -0.25) is 9.69 Å². The van der Waals surface area contributed by atoms with E-state index in [1.807, 2.05) is 30.3 Å². The molecule has 0 radical (unpaired) electrons. The zero-order valence-electron chi connectivity index (χ0n) is 12.6. The Balaban J connectivity index is 2.08. The number of hydrogen-bond acceptors (Lipinski definition) is 4. The SMILES string of the molecule is CCC1COCCN1CCC(N)(C(N)=O)c1ccccc1. The molecule has 1 fully saturated rings. The lowest BCUT2D eigenvalue weighted by Crippen LogP contribution is -2.53. The highest BCUT2D eigenvalue weighted by atomic mass is 16.5. The van der Waals surface area contributed by atoms with Crippen molar-refractivity contribution < 1.29 is 9.53 Å². The molecule has 116 valence electrons. The molecule has 5 nitrogen and oxygen atoms in total. The average molecular weight is 291 g/mol. The van der Waals surface area contributed by atoms with Crippen LogP contribution < -0.4 is 11.5 Å². The summed E-state index contributed by atoms with van der Waals surface area (Å²) < 4.78 is 5.50. The van der Waals surface area contributed by atoms with Crippen LogP contribution in [0.1, 0.15) is 25.3 Å². The fourth-order valence-corrected chi connectivity index (χ4v) is 2.82. The minimum absolute atomic E-state index is 0.395. The first-order valence-corrected chi connectivity index (χ1v) is 7.54. The lowest BCUT2D eigenvalue weighted by Gasteiger charge is -2.37. The molecule has 1 aliphatic heterocycles. The van der Waals surface area contributed by atoms with Gasteiger partial charge in [-0.1, -0.05) is 37.3 Å². The lowest BCUT2D eigenvalue weighted by atomic mass is 9.86. The minimum atomic E-state index is -1.11. The zero-order chi connectivity index (χ0) is 15.3. The summed E-state index contributed by atoms with van der Waals surface area (Å²) in [7, 11) is 0. The molecule has 0 bridgehead atoms. The van der Waals surface area contributed by atoms with Gasteiger partial charge >= 0.3 is 0 Å². The van der Waals surface area contributed by atoms with Crippen LogP contribution in [0.15, 0.2) is 30.3 Å². The third-order valence-electron chi connectivity index (χ3n) is 4.34. The molecule has 0 saturated carbocycles. The van der Waals surface area contributed by atoms with E-state index in [4.69, 9.17) is 16.2 Å². The third-order valence-corrected chi connectivity index (χ3v) is 4.34. The first kappa shape index (κ1) is 15.9. The van der Waals surface area contributed by atoms with Gasteiger partial charge in [0.2, 0.25) is 5.91 Å². The van der Waals surface area contributed by atoms with Gasteiger partial charge in [0.05, 0.1) is 13.2 Å². The van der Waals surface area contributed by atoms with Gasteiger partial charge < -0.3 is 16.2 Å². The van der Waals surface area contributed by atoms with Gasteiger partial charge in [-0.05, 0) is 18.4 Å². The van der Waals surface area contributed by atoms with E-state index in [2.05, 4.69) is 11.8 Å². The van der Waals surface area contributed by atoms with Gasteiger partial charge in [-0.25, -0.2) is 0 Å². The van der Waals surface area contributed by atoms with Gasteiger partial charge in [-0.2, -0.15) is 0 Å². The molecule has 2 unspecified atom stereocenters. The van der Waals surface area contributed by atoms with Gasteiger partial charge in [0.1, 0.15) is 5.54 Å². The monoisotopic (exact) mass is 291 g/mol. The van der Waals surface area contributed by atoms with Crippen LogP contribution in [0.25, 0.3) is 0 Å². The van der Waals surface area contributed by atoms with Crippen molar-refractivity contribution in [2.24, 2.45) is 11.5 Å². The number of carbonyl (C=O) groups is 1. The molecule has 2 rings (SSSR count). The normalized spacial score (nSPS) is 22.7. The van der Waals surface area contributed by atoms with Crippen LogP contribution >= 0.6 is 0 Å². The third kappa shape index (κ3) is 3.61. The molecular formula is C16H25N3O2. The highest BCUT2D eigenvalue weighted by Gasteiger charge is 2.35. The summed E-state index contributed by atoms with van der Waals surface area (Å²) in [6.07, 6.45) is 1.54. The summed E-state index contributed by atoms with van der Waals surface area (Å²) in [5.41, 5.74) is 11.6. The number of primary amides is 1. The van der Waals surface area contributed by atoms with Gasteiger partial charge in [0.25, 0.3) is 0 Å². The standard InChI is InChI=1S/C16H25N3O2/c1-2-14-12-21-11-10-19(14)9-8-16(18,15(17)20)13-6-4-3-5-7-13/h3-7,14H,2,8-12,18H2,1H3,(H2,17,20). The quantitative estimate of drug-likeness (QED) is 0.813. The number of nitrogens with zero attached hydrogens (tertiary/aromatic N) is 1. The number of morpholine rings is 1. The van der Waals surface area contributed by atoms with Crippen molar-refractivity contribution in [2.45, 2.75) is 31.3 Å². The summed E-state index contributed by atoms with van der Waals surface area (Å²) in [5, 5.41) is 0. The molecule has 21 heavy (non-hydrogen) atoms. The Morgan fingerprint density at radius 3 is 2.76 bits per heavy atom. The van der Waals surface area contributed by atoms with E-state index in [1.54, 1.807) is 0 Å². The van der Waals surface area contributed by atoms with Crippen LogP contribution in [-0.2, 0) is 15.1 Å². The smallest absolute Gasteiger partial charge is 0.242 e. The fourth-order valence-electron chi connectivity index (χ4n) is 2.82. The van der Waals surface area contributed by atoms with E-state index >= 15 is 0 Å². The second-order valence-electron chi connectivity index (χ2n) is 5.62. The molecular weight excluding hydrogens is 266 g/mol. The minimum Gasteiger partial charge on any atom is -0.378 e. The summed E-state index contributed by atoms with van der Waals surface area (Å²) in [4.78, 5) is 14.2. The summed E-state index contributed by atoms with van der Waals surface area (Å²) in [5.74, 6) is -0.477. The van der Waals surface area contributed by atoms with Crippen molar-refractivity contribution in [3.05, 3.63) is 35.9 Å². The maximum atomic E-state index is 11.9. The van der Waals surface area contributed by atoms with Crippen molar-refractivity contribution in [1.82, 2.24) is 4.90 Å². The van der Waals surface area contributed by atoms with Crippen LogP contribution in [0.3, 0.4) is 0 Å². The molecule has 0 aliphatic carbocycles. The van der Waals surface area contributed by atoms with Gasteiger partial charge in [-0.15, -0.1) is 0 Å². The molecule has 0 spiro atoms. The highest BCUT2D eigenvalue weighted by Crippen LogP contribution is 2.23. The maximum Gasteiger partial charge on any atom is 0.242 e. The van der Waals surface area contributed by atoms with Crippen molar-refractivity contribution in [2.75, 3.05) is 26.3 Å². The molecule has 5 heteroatoms. The summed E-state index contributed by atoms with van der Waals surface area (Å²) in [6.45, 7) is 5.25. The van der Waals surface area contributed by atoms with Crippen LogP contribution in [0.2, 0.25) is 0 Å². The fraction of sp³-hybridized carbons (Fsp3) is 0.562. The summed E-state index contributed by atoms with van der Waals surface area (Å²) in [6, 6.07) is 9.78. The number of nitrogens with two attached hydrogens (primary N) is 2. The van der Waals surface area contributed by atoms with E-state index in [0.29, 0.717) is 12.5 Å². The molecule has 1 heterocycles. The molecule has 1 aromatic carbocycles. The van der Waals surface area contributed by atoms with Crippen molar-refractivity contribution >= 4 is 5.91 Å². The van der Waals surface area contributed by atoms with E-state index in [9.17, 15) is 4.79 Å². The Bertz CT molecular complexity index is 466. The predicted octanol–water partition coefficient (Wildman–Crippen LogP) is 0.827. The van der Waals surface area contributed by atoms with Gasteiger partial charge in [0, 0.05) is 19.1 Å². The predicted molar refractivity (Wildman–Crippen MR) is 82.6 cm³/mol. The van der Waals surface area contributed by atoms with Crippen LogP contribution in [-0.4, -0.2) is 43.2 Å². The van der Waals surface area contributed by atoms with Crippen molar-refractivity contribution in [3.8, 4) is 0 Å². The molecule has 1 aromatic rings. The van der Waals surface area contributed by atoms with E-state index in [-0.39, 0.29) is 0 Å². The molecule has 0 aromatic heterocycles. The largest absolute Gasteiger partial charge is 0.378 e. The van der Waals surface area contributed by atoms with Crippen molar-refractivity contribution in [3.63, 3.8) is 0 Å². The number of amides is 1. The summed E-state index contributed by atoms with van der Waals surface area (Å²) >= 11 is 0. The lowest BCUT2D eigenvalue weighted by molar-refractivity contribution is -0.124. The Labute approximate surface area is 126 Å². The van der Waals surface area contributed by atoms with Crippen LogP contribution in [0.5, 0.6) is 0 Å². The molecule has 1 aliphatic rings. The van der Waals surface area contributed by atoms with Crippen molar-refractivity contribution in [1.29, 1.82) is 0 Å². The Kier molecular flexibility index (Phi) is 5.33. The maximum absolute atomic E-state index is 11.9. The average Bonchev–Trinajstić information content (AvgIpc) is 2.53. The number of benzene rings is 1. The molecule has 4 N–H and O–H groups in total. The van der Waals surface area contributed by atoms with E-state index in [0.717, 1.165) is 38.3 Å². The van der Waals surface area contributed by atoms with Gasteiger partial charge in [0.15, 0.2) is 0 Å². The number of hydrogen-bond donors (Lipinski definition) is 2. The second-order valence-corrected chi connectivity index (χ2v) is 5.62. The second kappa shape index (κ2) is 7.02. The first-order chi connectivity index (χ1) is 10.1. The topological polar surface area (TPSA) is 81.6 Å². The molecule has 1 saturated heterocycles. The highest BCUT2D eigenvalue weighted by molar-refractivity contribution is 5.85. The van der Waals surface area contributed by atoms with Crippen LogP contribution in [0, 0.1) is 0 Å². The zero-order valence-corrected chi connectivity index (χ0v) is 12.6. The van der Waals surface area contributed by atoms with Crippen LogP contribution in [0.4, 0.5) is 0 Å².